The van der Waals surface area contributed by atoms with Crippen LogP contribution in [0.15, 0.2) is 67.3 Å². The van der Waals surface area contributed by atoms with Crippen molar-refractivity contribution in [3.8, 4) is 0 Å². The van der Waals surface area contributed by atoms with Crippen LogP contribution in [-0.4, -0.2) is 22.4 Å². The predicted molar refractivity (Wildman–Crippen MR) is 115 cm³/mol. The Labute approximate surface area is 172 Å². The molecule has 1 atom stereocenters. The zero-order chi connectivity index (χ0) is 20.7. The summed E-state index contributed by atoms with van der Waals surface area (Å²) in [4.78, 5) is 21.1. The second-order valence-corrected chi connectivity index (χ2v) is 7.48. The minimum absolute atomic E-state index is 0.358. The molecule has 1 amide bonds. The van der Waals surface area contributed by atoms with Crippen LogP contribution in [0.4, 0.5) is 0 Å². The maximum Gasteiger partial charge on any atom is 0.242 e. The summed E-state index contributed by atoms with van der Waals surface area (Å²) in [5.41, 5.74) is 10.5. The van der Waals surface area contributed by atoms with Gasteiger partial charge in [-0.3, -0.25) is 20.1 Å². The summed E-state index contributed by atoms with van der Waals surface area (Å²) in [6.45, 7) is 4.72. The standard InChI is InChI=1S/C24H28N4O/c1-18-5-6-22(19(2)16-18)24(23(25)29,11-7-21-4-3-12-27-17-21)28-15-10-20-8-13-26-14-9-20/h3-6,8-9,12-14,16-17,28H,7,10-11,15H2,1-2H3,(H2,25,29). The van der Waals surface area contributed by atoms with Gasteiger partial charge in [0.05, 0.1) is 0 Å². The molecule has 2 heterocycles. The van der Waals surface area contributed by atoms with E-state index in [2.05, 4.69) is 28.3 Å². The highest BCUT2D eigenvalue weighted by atomic mass is 16.1. The van der Waals surface area contributed by atoms with Crippen molar-refractivity contribution in [1.29, 1.82) is 0 Å². The summed E-state index contributed by atoms with van der Waals surface area (Å²) in [7, 11) is 0. The highest BCUT2D eigenvalue weighted by molar-refractivity contribution is 5.86. The zero-order valence-electron chi connectivity index (χ0n) is 17.1. The number of carbonyl (C=O) groups is 1. The van der Waals surface area contributed by atoms with Crippen LogP contribution < -0.4 is 11.1 Å². The SMILES string of the molecule is Cc1ccc(C(CCc2cccnc2)(NCCc2ccncc2)C(N)=O)c(C)c1. The molecule has 0 spiro atoms. The number of rotatable bonds is 9. The van der Waals surface area contributed by atoms with E-state index in [4.69, 9.17) is 5.73 Å². The van der Waals surface area contributed by atoms with Crippen LogP contribution in [0.25, 0.3) is 0 Å². The monoisotopic (exact) mass is 388 g/mol. The quantitative estimate of drug-likeness (QED) is 0.590. The van der Waals surface area contributed by atoms with Gasteiger partial charge in [0, 0.05) is 31.3 Å². The molecule has 0 aliphatic carbocycles. The first-order valence-electron chi connectivity index (χ1n) is 9.92. The molecule has 0 bridgehead atoms. The highest BCUT2D eigenvalue weighted by Gasteiger charge is 2.38. The lowest BCUT2D eigenvalue weighted by Gasteiger charge is -2.34. The number of carbonyl (C=O) groups excluding carboxylic acids is 1. The van der Waals surface area contributed by atoms with E-state index in [1.54, 1.807) is 18.6 Å². The van der Waals surface area contributed by atoms with Crippen LogP contribution in [0.1, 0.15) is 34.2 Å². The van der Waals surface area contributed by atoms with E-state index < -0.39 is 5.54 Å². The fraction of sp³-hybridized carbons (Fsp3) is 0.292. The Morgan fingerprint density at radius 1 is 1.00 bits per heavy atom. The number of aryl methyl sites for hydroxylation is 3. The number of amides is 1. The van der Waals surface area contributed by atoms with E-state index in [-0.39, 0.29) is 5.91 Å². The molecule has 1 unspecified atom stereocenters. The summed E-state index contributed by atoms with van der Waals surface area (Å²) < 4.78 is 0. The number of benzene rings is 1. The summed E-state index contributed by atoms with van der Waals surface area (Å²) >= 11 is 0. The first-order valence-corrected chi connectivity index (χ1v) is 9.92. The lowest BCUT2D eigenvalue weighted by molar-refractivity contribution is -0.125. The maximum absolute atomic E-state index is 12.9. The van der Waals surface area contributed by atoms with Gasteiger partial charge in [0.25, 0.3) is 0 Å². The Kier molecular flexibility index (Phi) is 6.73. The normalized spacial score (nSPS) is 13.0. The summed E-state index contributed by atoms with van der Waals surface area (Å²) in [5.74, 6) is -0.358. The fourth-order valence-corrected chi connectivity index (χ4v) is 3.80. The largest absolute Gasteiger partial charge is 0.368 e. The van der Waals surface area contributed by atoms with Gasteiger partial charge in [0.2, 0.25) is 5.91 Å². The highest BCUT2D eigenvalue weighted by Crippen LogP contribution is 2.30. The fourth-order valence-electron chi connectivity index (χ4n) is 3.80. The molecule has 3 rings (SSSR count). The van der Waals surface area contributed by atoms with Crippen LogP contribution in [0.3, 0.4) is 0 Å². The molecule has 1 aromatic carbocycles. The van der Waals surface area contributed by atoms with Gasteiger partial charge in [-0.25, -0.2) is 0 Å². The van der Waals surface area contributed by atoms with Crippen LogP contribution in [0, 0.1) is 13.8 Å². The molecule has 0 aliphatic rings. The lowest BCUT2D eigenvalue weighted by atomic mass is 9.80. The first-order chi connectivity index (χ1) is 14.0. The van der Waals surface area contributed by atoms with Crippen LogP contribution >= 0.6 is 0 Å². The molecule has 3 aromatic rings. The smallest absolute Gasteiger partial charge is 0.242 e. The van der Waals surface area contributed by atoms with Crippen molar-refractivity contribution < 1.29 is 4.79 Å². The third-order valence-electron chi connectivity index (χ3n) is 5.36. The number of nitrogens with zero attached hydrogens (tertiary/aromatic N) is 2. The van der Waals surface area contributed by atoms with Crippen molar-refractivity contribution in [2.45, 2.75) is 38.6 Å². The number of nitrogens with two attached hydrogens (primary N) is 1. The van der Waals surface area contributed by atoms with Crippen LogP contribution in [0.2, 0.25) is 0 Å². The molecule has 150 valence electrons. The molecule has 0 saturated heterocycles. The van der Waals surface area contributed by atoms with Gasteiger partial charge in [-0.1, -0.05) is 29.8 Å². The third kappa shape index (κ3) is 5.06. The van der Waals surface area contributed by atoms with Gasteiger partial charge in [0.15, 0.2) is 0 Å². The van der Waals surface area contributed by atoms with Crippen molar-refractivity contribution in [3.05, 3.63) is 95.1 Å². The van der Waals surface area contributed by atoms with Gasteiger partial charge in [0.1, 0.15) is 5.54 Å². The number of nitrogens with one attached hydrogen (secondary N) is 1. The number of pyridine rings is 2. The van der Waals surface area contributed by atoms with Crippen LogP contribution in [-0.2, 0) is 23.2 Å². The van der Waals surface area contributed by atoms with Gasteiger partial charge >= 0.3 is 0 Å². The van der Waals surface area contributed by atoms with Gasteiger partial charge in [-0.05, 0) is 73.6 Å². The van der Waals surface area contributed by atoms with E-state index in [1.807, 2.05) is 49.5 Å². The van der Waals surface area contributed by atoms with Crippen molar-refractivity contribution in [3.63, 3.8) is 0 Å². The average Bonchev–Trinajstić information content (AvgIpc) is 2.72. The van der Waals surface area contributed by atoms with E-state index in [0.717, 1.165) is 28.7 Å². The second-order valence-electron chi connectivity index (χ2n) is 7.48. The molecule has 0 aliphatic heterocycles. The molecule has 0 saturated carbocycles. The molecule has 2 aromatic heterocycles. The van der Waals surface area contributed by atoms with Crippen molar-refractivity contribution in [2.24, 2.45) is 5.73 Å². The molecule has 5 heteroatoms. The van der Waals surface area contributed by atoms with Gasteiger partial charge in [-0.15, -0.1) is 0 Å². The second kappa shape index (κ2) is 9.43. The topological polar surface area (TPSA) is 80.9 Å². The molecule has 0 radical (unpaired) electrons. The Balaban J connectivity index is 1.89. The summed E-state index contributed by atoms with van der Waals surface area (Å²) in [6, 6.07) is 14.1. The minimum Gasteiger partial charge on any atom is -0.368 e. The minimum atomic E-state index is -0.944. The zero-order valence-corrected chi connectivity index (χ0v) is 17.1. The van der Waals surface area contributed by atoms with Crippen molar-refractivity contribution >= 4 is 5.91 Å². The molecule has 0 fully saturated rings. The van der Waals surface area contributed by atoms with Crippen molar-refractivity contribution in [1.82, 2.24) is 15.3 Å². The van der Waals surface area contributed by atoms with Gasteiger partial charge < -0.3 is 5.73 Å². The molecule has 3 N–H and O–H groups in total. The molecule has 5 nitrogen and oxygen atoms in total. The third-order valence-corrected chi connectivity index (χ3v) is 5.36. The predicted octanol–water partition coefficient (Wildman–Crippen LogP) is 3.24. The summed E-state index contributed by atoms with van der Waals surface area (Å²) in [5, 5.41) is 3.51. The number of aromatic nitrogens is 2. The maximum atomic E-state index is 12.9. The summed E-state index contributed by atoms with van der Waals surface area (Å²) in [6.07, 6.45) is 9.20. The van der Waals surface area contributed by atoms with E-state index in [1.165, 1.54) is 5.56 Å². The van der Waals surface area contributed by atoms with E-state index in [0.29, 0.717) is 19.4 Å². The van der Waals surface area contributed by atoms with Crippen molar-refractivity contribution in [2.75, 3.05) is 6.54 Å². The molecular formula is C24H28N4O. The Morgan fingerprint density at radius 2 is 1.79 bits per heavy atom. The van der Waals surface area contributed by atoms with Gasteiger partial charge in [-0.2, -0.15) is 0 Å². The van der Waals surface area contributed by atoms with E-state index in [9.17, 15) is 4.79 Å². The Bertz CT molecular complexity index is 944. The van der Waals surface area contributed by atoms with Crippen LogP contribution in [0.5, 0.6) is 0 Å². The Morgan fingerprint density at radius 3 is 2.45 bits per heavy atom. The van der Waals surface area contributed by atoms with E-state index >= 15 is 0 Å². The molecule has 29 heavy (non-hydrogen) atoms. The average molecular weight is 389 g/mol. The molecular weight excluding hydrogens is 360 g/mol. The Hall–Kier alpha value is -3.05. The lowest BCUT2D eigenvalue weighted by Crippen LogP contribution is -2.54. The number of primary amides is 1. The first kappa shape index (κ1) is 20.7. The number of hydrogen-bond donors (Lipinski definition) is 2. The number of hydrogen-bond acceptors (Lipinski definition) is 4.